The Kier molecular flexibility index (Phi) is 6.51. The summed E-state index contributed by atoms with van der Waals surface area (Å²) in [5, 5.41) is 8.14. The van der Waals surface area contributed by atoms with Gasteiger partial charge in [0.05, 0.1) is 0 Å². The molecule has 0 unspecified atom stereocenters. The van der Waals surface area contributed by atoms with Gasteiger partial charge in [0.25, 0.3) is 0 Å². The first-order valence-electron chi connectivity index (χ1n) is 2.27. The summed E-state index contributed by atoms with van der Waals surface area (Å²) in [5.74, 6) is -0.982. The maximum atomic E-state index is 9.92. The molecule has 9 heavy (non-hydrogen) atoms. The van der Waals surface area contributed by atoms with E-state index in [1.165, 1.54) is 6.08 Å². The zero-order valence-electron chi connectivity index (χ0n) is 4.50. The molecule has 0 saturated carbocycles. The summed E-state index contributed by atoms with van der Waals surface area (Å²) in [5.41, 5.74) is 5.06. The van der Waals surface area contributed by atoms with Gasteiger partial charge in [-0.1, -0.05) is 13.5 Å². The molecule has 0 aromatic carbocycles. The van der Waals surface area contributed by atoms with E-state index in [1.54, 1.807) is 0 Å². The SMILES string of the molecule is C.C=CC[C@H](N)C(=O)O. The largest absolute Gasteiger partial charge is 0.480 e. The van der Waals surface area contributed by atoms with Crippen LogP contribution < -0.4 is 5.73 Å². The molecular weight excluding hydrogens is 118 g/mol. The molecule has 0 amide bonds. The molecule has 0 aliphatic carbocycles. The molecule has 0 aliphatic heterocycles. The topological polar surface area (TPSA) is 63.3 Å². The van der Waals surface area contributed by atoms with Gasteiger partial charge >= 0.3 is 5.97 Å². The molecule has 54 valence electrons. The van der Waals surface area contributed by atoms with Gasteiger partial charge in [0.15, 0.2) is 0 Å². The second-order valence-corrected chi connectivity index (χ2v) is 1.47. The molecule has 0 aromatic rings. The summed E-state index contributed by atoms with van der Waals surface area (Å²) in [6, 6.07) is -0.785. The lowest BCUT2D eigenvalue weighted by Crippen LogP contribution is -2.28. The highest BCUT2D eigenvalue weighted by atomic mass is 16.4. The first kappa shape index (κ1) is 11.0. The van der Waals surface area contributed by atoms with Gasteiger partial charge in [-0.15, -0.1) is 6.58 Å². The Morgan fingerprint density at radius 2 is 2.33 bits per heavy atom. The summed E-state index contributed by atoms with van der Waals surface area (Å²) in [6.07, 6.45) is 1.81. The van der Waals surface area contributed by atoms with Crippen LogP contribution in [-0.4, -0.2) is 17.1 Å². The molecule has 0 heterocycles. The molecule has 0 saturated heterocycles. The van der Waals surface area contributed by atoms with Crippen molar-refractivity contribution in [2.24, 2.45) is 5.73 Å². The Morgan fingerprint density at radius 3 is 2.44 bits per heavy atom. The molecule has 3 N–H and O–H groups in total. The van der Waals surface area contributed by atoms with E-state index in [1.807, 2.05) is 0 Å². The lowest BCUT2D eigenvalue weighted by atomic mass is 10.2. The first-order chi connectivity index (χ1) is 3.68. The minimum atomic E-state index is -0.982. The van der Waals surface area contributed by atoms with Gasteiger partial charge in [-0.05, 0) is 6.42 Å². The zero-order chi connectivity index (χ0) is 6.57. The fourth-order valence-corrected chi connectivity index (χ4v) is 0.280. The summed E-state index contributed by atoms with van der Waals surface area (Å²) < 4.78 is 0. The molecule has 0 aliphatic rings. The van der Waals surface area contributed by atoms with Crippen LogP contribution >= 0.6 is 0 Å². The monoisotopic (exact) mass is 131 g/mol. The molecular formula is C6H13NO2. The standard InChI is InChI=1S/C5H9NO2.CH4/c1-2-3-4(6)5(7)8;/h2,4H,1,3,6H2,(H,7,8);1H4/t4-;/m0./s1. The number of hydrogen-bond donors (Lipinski definition) is 2. The van der Waals surface area contributed by atoms with Crippen molar-refractivity contribution in [1.29, 1.82) is 0 Å². The number of carboxylic acids is 1. The van der Waals surface area contributed by atoms with Crippen molar-refractivity contribution >= 4 is 5.97 Å². The maximum Gasteiger partial charge on any atom is 0.320 e. The molecule has 0 aromatic heterocycles. The van der Waals surface area contributed by atoms with Gasteiger partial charge in [0.1, 0.15) is 6.04 Å². The van der Waals surface area contributed by atoms with E-state index in [2.05, 4.69) is 6.58 Å². The third kappa shape index (κ3) is 5.03. The van der Waals surface area contributed by atoms with E-state index in [4.69, 9.17) is 10.8 Å². The minimum absolute atomic E-state index is 0. The second-order valence-electron chi connectivity index (χ2n) is 1.47. The fourth-order valence-electron chi connectivity index (χ4n) is 0.280. The predicted octanol–water partition coefficient (Wildman–Crippen LogP) is 0.611. The van der Waals surface area contributed by atoms with E-state index in [0.717, 1.165) is 0 Å². The van der Waals surface area contributed by atoms with Crippen molar-refractivity contribution < 1.29 is 9.90 Å². The zero-order valence-corrected chi connectivity index (χ0v) is 4.50. The van der Waals surface area contributed by atoms with Crippen molar-refractivity contribution in [2.75, 3.05) is 0 Å². The third-order valence-corrected chi connectivity index (χ3v) is 0.738. The number of aliphatic carboxylic acids is 1. The Balaban J connectivity index is 0. The summed E-state index contributed by atoms with van der Waals surface area (Å²) in [4.78, 5) is 9.92. The molecule has 0 spiro atoms. The van der Waals surface area contributed by atoms with Crippen molar-refractivity contribution in [3.8, 4) is 0 Å². The number of rotatable bonds is 3. The van der Waals surface area contributed by atoms with Crippen molar-refractivity contribution in [3.63, 3.8) is 0 Å². The number of nitrogens with two attached hydrogens (primary N) is 1. The minimum Gasteiger partial charge on any atom is -0.480 e. The van der Waals surface area contributed by atoms with Crippen LogP contribution in [-0.2, 0) is 4.79 Å². The highest BCUT2D eigenvalue weighted by Gasteiger charge is 2.06. The van der Waals surface area contributed by atoms with E-state index >= 15 is 0 Å². The van der Waals surface area contributed by atoms with E-state index < -0.39 is 12.0 Å². The van der Waals surface area contributed by atoms with Crippen molar-refractivity contribution in [1.82, 2.24) is 0 Å². The Bertz CT molecular complexity index is 101. The van der Waals surface area contributed by atoms with Crippen LogP contribution in [0.2, 0.25) is 0 Å². The van der Waals surface area contributed by atoms with Crippen LogP contribution in [0.4, 0.5) is 0 Å². The maximum absolute atomic E-state index is 9.92. The molecule has 0 fully saturated rings. The van der Waals surface area contributed by atoms with Crippen molar-refractivity contribution in [3.05, 3.63) is 12.7 Å². The lowest BCUT2D eigenvalue weighted by Gasteiger charge is -1.98. The lowest BCUT2D eigenvalue weighted by molar-refractivity contribution is -0.138. The molecule has 3 nitrogen and oxygen atoms in total. The number of carbonyl (C=O) groups is 1. The van der Waals surface area contributed by atoms with E-state index in [-0.39, 0.29) is 7.43 Å². The van der Waals surface area contributed by atoms with Crippen LogP contribution in [0.1, 0.15) is 13.8 Å². The van der Waals surface area contributed by atoms with Gasteiger partial charge in [0, 0.05) is 0 Å². The van der Waals surface area contributed by atoms with Gasteiger partial charge < -0.3 is 10.8 Å². The normalized spacial score (nSPS) is 11.2. The Labute approximate surface area is 55.2 Å². The van der Waals surface area contributed by atoms with Crippen LogP contribution in [0.25, 0.3) is 0 Å². The Morgan fingerprint density at radius 1 is 1.89 bits per heavy atom. The van der Waals surface area contributed by atoms with Gasteiger partial charge in [0.2, 0.25) is 0 Å². The first-order valence-corrected chi connectivity index (χ1v) is 2.27. The fraction of sp³-hybridized carbons (Fsp3) is 0.500. The smallest absolute Gasteiger partial charge is 0.320 e. The average molecular weight is 131 g/mol. The molecule has 0 bridgehead atoms. The predicted molar refractivity (Wildman–Crippen MR) is 37.2 cm³/mol. The average Bonchev–Trinajstić information content (AvgIpc) is 1.67. The van der Waals surface area contributed by atoms with Crippen molar-refractivity contribution in [2.45, 2.75) is 19.9 Å². The molecule has 1 atom stereocenters. The van der Waals surface area contributed by atoms with Crippen LogP contribution in [0.15, 0.2) is 12.7 Å². The molecule has 0 rings (SSSR count). The quantitative estimate of drug-likeness (QED) is 0.551. The number of hydrogen-bond acceptors (Lipinski definition) is 2. The molecule has 0 radical (unpaired) electrons. The summed E-state index contributed by atoms with van der Waals surface area (Å²) in [7, 11) is 0. The van der Waals surface area contributed by atoms with Gasteiger partial charge in [-0.3, -0.25) is 4.79 Å². The summed E-state index contributed by atoms with van der Waals surface area (Å²) in [6.45, 7) is 3.34. The molecule has 3 heteroatoms. The van der Waals surface area contributed by atoms with Crippen LogP contribution in [0.3, 0.4) is 0 Å². The van der Waals surface area contributed by atoms with Crippen LogP contribution in [0.5, 0.6) is 0 Å². The Hall–Kier alpha value is -0.830. The van der Waals surface area contributed by atoms with E-state index in [0.29, 0.717) is 6.42 Å². The second kappa shape index (κ2) is 5.31. The van der Waals surface area contributed by atoms with Gasteiger partial charge in [-0.2, -0.15) is 0 Å². The summed E-state index contributed by atoms with van der Waals surface area (Å²) >= 11 is 0. The third-order valence-electron chi connectivity index (χ3n) is 0.738. The van der Waals surface area contributed by atoms with Crippen LogP contribution in [0, 0.1) is 0 Å². The highest BCUT2D eigenvalue weighted by Crippen LogP contribution is 1.86. The highest BCUT2D eigenvalue weighted by molar-refractivity contribution is 5.73. The van der Waals surface area contributed by atoms with Gasteiger partial charge in [-0.25, -0.2) is 0 Å². The number of carboxylic acid groups (broad SMARTS) is 1. The van der Waals surface area contributed by atoms with E-state index in [9.17, 15) is 4.79 Å².